The fourth-order valence-corrected chi connectivity index (χ4v) is 4.37. The van der Waals surface area contributed by atoms with Crippen molar-refractivity contribution in [2.75, 3.05) is 19.7 Å². The number of hydrogen-bond donors (Lipinski definition) is 1. The summed E-state index contributed by atoms with van der Waals surface area (Å²) in [7, 11) is -3.71. The fraction of sp³-hybridized carbons (Fsp3) is 0.462. The Balaban J connectivity index is 2.44. The molecule has 0 atom stereocenters. The molecule has 1 heterocycles. The van der Waals surface area contributed by atoms with Crippen molar-refractivity contribution in [3.8, 4) is 0 Å². The van der Waals surface area contributed by atoms with Crippen LogP contribution in [0, 0.1) is 0 Å². The number of halogens is 1. The Bertz CT molecular complexity index is 674. The van der Waals surface area contributed by atoms with Crippen LogP contribution in [0.4, 0.5) is 0 Å². The topological polar surface area (TPSA) is 72.6 Å². The molecule has 21 heavy (non-hydrogen) atoms. The number of ether oxygens (including phenoxy) is 1. The molecule has 0 aliphatic carbocycles. The van der Waals surface area contributed by atoms with E-state index in [0.717, 1.165) is 0 Å². The van der Waals surface area contributed by atoms with Crippen molar-refractivity contribution in [3.63, 3.8) is 0 Å². The second kappa shape index (κ2) is 5.81. The van der Waals surface area contributed by atoms with Crippen LogP contribution in [0.3, 0.4) is 0 Å². The first-order valence-corrected chi connectivity index (χ1v) is 8.59. The van der Waals surface area contributed by atoms with Gasteiger partial charge >= 0.3 is 0 Å². The average Bonchev–Trinajstić information content (AvgIpc) is 2.37. The highest BCUT2D eigenvalue weighted by molar-refractivity contribution is 7.89. The number of thiocarbonyl (C=S) groups is 1. The molecule has 0 aromatic heterocycles. The van der Waals surface area contributed by atoms with Gasteiger partial charge in [0.25, 0.3) is 0 Å². The molecule has 116 valence electrons. The van der Waals surface area contributed by atoms with E-state index in [1.807, 2.05) is 13.8 Å². The van der Waals surface area contributed by atoms with E-state index in [4.69, 9.17) is 34.3 Å². The molecule has 5 nitrogen and oxygen atoms in total. The Morgan fingerprint density at radius 3 is 2.71 bits per heavy atom. The molecule has 1 aromatic rings. The lowest BCUT2D eigenvalue weighted by molar-refractivity contribution is -0.0640. The van der Waals surface area contributed by atoms with Crippen molar-refractivity contribution < 1.29 is 13.2 Å². The fourth-order valence-electron chi connectivity index (χ4n) is 2.17. The molecule has 1 aliphatic heterocycles. The van der Waals surface area contributed by atoms with Crippen LogP contribution in [0.15, 0.2) is 23.1 Å². The summed E-state index contributed by atoms with van der Waals surface area (Å²) in [5.74, 6) is 0. The minimum Gasteiger partial charge on any atom is -0.389 e. The van der Waals surface area contributed by atoms with Gasteiger partial charge in [0, 0.05) is 18.7 Å². The molecule has 0 spiro atoms. The number of nitrogens with zero attached hydrogens (tertiary/aromatic N) is 1. The Hall–Kier alpha value is -0.730. The maximum absolute atomic E-state index is 12.8. The molecule has 0 bridgehead atoms. The third-order valence-electron chi connectivity index (χ3n) is 3.22. The lowest BCUT2D eigenvalue weighted by Crippen LogP contribution is -2.50. The van der Waals surface area contributed by atoms with Crippen molar-refractivity contribution in [2.45, 2.75) is 24.3 Å². The summed E-state index contributed by atoms with van der Waals surface area (Å²) in [6.45, 7) is 4.60. The Morgan fingerprint density at radius 1 is 1.48 bits per heavy atom. The Morgan fingerprint density at radius 2 is 2.14 bits per heavy atom. The quantitative estimate of drug-likeness (QED) is 0.843. The van der Waals surface area contributed by atoms with Crippen LogP contribution in [0.25, 0.3) is 0 Å². The van der Waals surface area contributed by atoms with Gasteiger partial charge in [0.2, 0.25) is 10.0 Å². The first-order chi connectivity index (χ1) is 9.63. The van der Waals surface area contributed by atoms with Crippen LogP contribution in [0.1, 0.15) is 19.4 Å². The van der Waals surface area contributed by atoms with Gasteiger partial charge in [-0.05, 0) is 26.0 Å². The number of nitrogens with two attached hydrogens (primary N) is 1. The molecule has 8 heteroatoms. The molecule has 1 fully saturated rings. The van der Waals surface area contributed by atoms with Crippen LogP contribution in [0.5, 0.6) is 0 Å². The number of benzene rings is 1. The van der Waals surface area contributed by atoms with Gasteiger partial charge in [0.15, 0.2) is 0 Å². The highest BCUT2D eigenvalue weighted by Gasteiger charge is 2.35. The smallest absolute Gasteiger partial charge is 0.244 e. The summed E-state index contributed by atoms with van der Waals surface area (Å²) >= 11 is 10.9. The van der Waals surface area contributed by atoms with Crippen molar-refractivity contribution in [3.05, 3.63) is 28.8 Å². The summed E-state index contributed by atoms with van der Waals surface area (Å²) in [6, 6.07) is 4.52. The average molecular weight is 349 g/mol. The third-order valence-corrected chi connectivity index (χ3v) is 5.79. The van der Waals surface area contributed by atoms with E-state index in [1.54, 1.807) is 6.07 Å². The molecule has 0 saturated carbocycles. The second-order valence-electron chi connectivity index (χ2n) is 5.46. The zero-order valence-corrected chi connectivity index (χ0v) is 14.2. The van der Waals surface area contributed by atoms with Gasteiger partial charge in [-0.3, -0.25) is 0 Å². The van der Waals surface area contributed by atoms with Gasteiger partial charge in [0.1, 0.15) is 9.88 Å². The largest absolute Gasteiger partial charge is 0.389 e. The molecule has 1 aliphatic rings. The molecular weight excluding hydrogens is 332 g/mol. The van der Waals surface area contributed by atoms with Gasteiger partial charge in [-0.15, -0.1) is 0 Å². The molecule has 2 N–H and O–H groups in total. The van der Waals surface area contributed by atoms with Crippen molar-refractivity contribution >= 4 is 38.8 Å². The number of sulfonamides is 1. The van der Waals surface area contributed by atoms with E-state index < -0.39 is 15.6 Å². The standard InChI is InChI=1S/C13H17ClN2O3S2/c1-13(2)8-16(5-6-19-13)21(17,18)11-7-9(12(15)20)3-4-10(11)14/h3-4,7H,5-6,8H2,1-2H3,(H2,15,20). The van der Waals surface area contributed by atoms with Crippen LogP contribution >= 0.6 is 23.8 Å². The predicted octanol–water partition coefficient (Wildman–Crippen LogP) is 1.77. The zero-order chi connectivity index (χ0) is 15.8. The van der Waals surface area contributed by atoms with E-state index in [2.05, 4.69) is 0 Å². The maximum atomic E-state index is 12.8. The number of morpholine rings is 1. The van der Waals surface area contributed by atoms with Crippen LogP contribution in [-0.4, -0.2) is 43.0 Å². The van der Waals surface area contributed by atoms with Crippen molar-refractivity contribution in [1.29, 1.82) is 0 Å². The van der Waals surface area contributed by atoms with Crippen LogP contribution in [0.2, 0.25) is 5.02 Å². The first kappa shape index (κ1) is 16.6. The van der Waals surface area contributed by atoms with Gasteiger partial charge < -0.3 is 10.5 Å². The predicted molar refractivity (Wildman–Crippen MR) is 86.1 cm³/mol. The number of hydrogen-bond acceptors (Lipinski definition) is 4. The first-order valence-electron chi connectivity index (χ1n) is 6.37. The summed E-state index contributed by atoms with van der Waals surface area (Å²) in [6.07, 6.45) is 0. The molecular formula is C13H17ClN2O3S2. The summed E-state index contributed by atoms with van der Waals surface area (Å²) in [5.41, 5.74) is 5.50. The molecule has 2 rings (SSSR count). The molecule has 0 unspecified atom stereocenters. The zero-order valence-electron chi connectivity index (χ0n) is 11.8. The monoisotopic (exact) mass is 348 g/mol. The van der Waals surface area contributed by atoms with E-state index in [-0.39, 0.29) is 21.5 Å². The molecule has 0 amide bonds. The Kier molecular flexibility index (Phi) is 4.60. The van der Waals surface area contributed by atoms with Gasteiger partial charge in [0.05, 0.1) is 17.2 Å². The molecule has 1 aromatic carbocycles. The van der Waals surface area contributed by atoms with Gasteiger partial charge in [-0.2, -0.15) is 4.31 Å². The van der Waals surface area contributed by atoms with E-state index in [9.17, 15) is 8.42 Å². The third kappa shape index (κ3) is 3.54. The van der Waals surface area contributed by atoms with E-state index >= 15 is 0 Å². The summed E-state index contributed by atoms with van der Waals surface area (Å²) in [5, 5.41) is 0.152. The lowest BCUT2D eigenvalue weighted by Gasteiger charge is -2.37. The molecule has 0 radical (unpaired) electrons. The van der Waals surface area contributed by atoms with Crippen LogP contribution < -0.4 is 5.73 Å². The minimum absolute atomic E-state index is 0.0205. The van der Waals surface area contributed by atoms with E-state index in [1.165, 1.54) is 16.4 Å². The van der Waals surface area contributed by atoms with Crippen molar-refractivity contribution in [2.24, 2.45) is 5.73 Å². The van der Waals surface area contributed by atoms with Crippen molar-refractivity contribution in [1.82, 2.24) is 4.31 Å². The normalized spacial score (nSPS) is 19.4. The second-order valence-corrected chi connectivity index (χ2v) is 8.21. The SMILES string of the molecule is CC1(C)CN(S(=O)(=O)c2cc(C(N)=S)ccc2Cl)CCO1. The minimum atomic E-state index is -3.71. The lowest BCUT2D eigenvalue weighted by atomic mass is 10.1. The van der Waals surface area contributed by atoms with Crippen LogP contribution in [-0.2, 0) is 14.8 Å². The Labute approximate surface area is 135 Å². The van der Waals surface area contributed by atoms with Gasteiger partial charge in [-0.25, -0.2) is 8.42 Å². The summed E-state index contributed by atoms with van der Waals surface area (Å²) in [4.78, 5) is 0.151. The summed E-state index contributed by atoms with van der Waals surface area (Å²) < 4.78 is 32.5. The van der Waals surface area contributed by atoms with E-state index in [0.29, 0.717) is 18.7 Å². The highest BCUT2D eigenvalue weighted by atomic mass is 35.5. The van der Waals surface area contributed by atoms with Gasteiger partial charge in [-0.1, -0.05) is 29.9 Å². The maximum Gasteiger partial charge on any atom is 0.244 e. The highest BCUT2D eigenvalue weighted by Crippen LogP contribution is 2.29. The molecule has 1 saturated heterocycles. The number of rotatable bonds is 3.